The summed E-state index contributed by atoms with van der Waals surface area (Å²) in [4.78, 5) is 25.3. The van der Waals surface area contributed by atoms with Crippen LogP contribution in [0.4, 0.5) is 42.4 Å². The van der Waals surface area contributed by atoms with Gasteiger partial charge in [0.15, 0.2) is 0 Å². The summed E-state index contributed by atoms with van der Waals surface area (Å²) in [6.07, 6.45) is 1.51. The number of hydrogen-bond acceptors (Lipinski definition) is 5. The lowest BCUT2D eigenvalue weighted by molar-refractivity contribution is 0.258. The molecule has 1 heterocycles. The molecule has 7 nitrogen and oxygen atoms in total. The fraction of sp³-hybridized carbons (Fsp3) is 0.148. The van der Waals surface area contributed by atoms with Gasteiger partial charge in [0.1, 0.15) is 23.1 Å². The van der Waals surface area contributed by atoms with E-state index < -0.39 is 23.4 Å². The van der Waals surface area contributed by atoms with Gasteiger partial charge in [-0.05, 0) is 48.9 Å². The molecule has 2 amide bonds. The SMILES string of the molecule is C[C@H](Nc1nccc(N(C(=O)Nc2c(F)cccc2F)c2ccc(N(C)C)cc2)n1)c1ccccc1. The van der Waals surface area contributed by atoms with E-state index >= 15 is 0 Å². The number of rotatable bonds is 7. The highest BCUT2D eigenvalue weighted by Crippen LogP contribution is 2.29. The number of carbonyl (C=O) groups excluding carboxylic acids is 1. The molecule has 4 aromatic rings. The highest BCUT2D eigenvalue weighted by Gasteiger charge is 2.23. The molecule has 2 N–H and O–H groups in total. The second-order valence-electron chi connectivity index (χ2n) is 8.29. The predicted molar refractivity (Wildman–Crippen MR) is 139 cm³/mol. The Morgan fingerprint density at radius 2 is 1.50 bits per heavy atom. The zero-order valence-corrected chi connectivity index (χ0v) is 20.1. The molecule has 0 radical (unpaired) electrons. The summed E-state index contributed by atoms with van der Waals surface area (Å²) in [5.74, 6) is -1.25. The minimum absolute atomic E-state index is 0.101. The van der Waals surface area contributed by atoms with Crippen molar-refractivity contribution in [1.29, 1.82) is 0 Å². The summed E-state index contributed by atoms with van der Waals surface area (Å²) < 4.78 is 28.6. The molecule has 1 aromatic heterocycles. The van der Waals surface area contributed by atoms with Gasteiger partial charge in [-0.2, -0.15) is 4.98 Å². The molecule has 1 atom stereocenters. The number of carbonyl (C=O) groups is 1. The monoisotopic (exact) mass is 488 g/mol. The molecule has 0 saturated carbocycles. The average Bonchev–Trinajstić information content (AvgIpc) is 2.87. The van der Waals surface area contributed by atoms with E-state index in [0.717, 1.165) is 23.4 Å². The normalized spacial score (nSPS) is 11.5. The van der Waals surface area contributed by atoms with Gasteiger partial charge < -0.3 is 15.5 Å². The van der Waals surface area contributed by atoms with Gasteiger partial charge in [-0.1, -0.05) is 36.4 Å². The van der Waals surface area contributed by atoms with E-state index in [1.54, 1.807) is 18.2 Å². The lowest BCUT2D eigenvalue weighted by Crippen LogP contribution is -2.32. The first kappa shape index (κ1) is 24.6. The van der Waals surface area contributed by atoms with Gasteiger partial charge in [0.05, 0.1) is 11.7 Å². The van der Waals surface area contributed by atoms with Gasteiger partial charge in [-0.15, -0.1) is 0 Å². The summed E-state index contributed by atoms with van der Waals surface area (Å²) >= 11 is 0. The Labute approximate surface area is 208 Å². The molecule has 36 heavy (non-hydrogen) atoms. The van der Waals surface area contributed by atoms with Crippen molar-refractivity contribution in [2.75, 3.05) is 34.5 Å². The van der Waals surface area contributed by atoms with Crippen LogP contribution >= 0.6 is 0 Å². The summed E-state index contributed by atoms with van der Waals surface area (Å²) in [6, 6.07) is 21.0. The zero-order valence-electron chi connectivity index (χ0n) is 20.1. The van der Waals surface area contributed by atoms with Crippen LogP contribution in [0.2, 0.25) is 0 Å². The second-order valence-corrected chi connectivity index (χ2v) is 8.29. The number of hydrogen-bond donors (Lipinski definition) is 2. The minimum Gasteiger partial charge on any atom is -0.378 e. The minimum atomic E-state index is -0.881. The zero-order chi connectivity index (χ0) is 25.7. The molecule has 3 aromatic carbocycles. The van der Waals surface area contributed by atoms with Crippen molar-refractivity contribution >= 4 is 34.9 Å². The molecular weight excluding hydrogens is 462 g/mol. The topological polar surface area (TPSA) is 73.4 Å². The average molecular weight is 489 g/mol. The van der Waals surface area contributed by atoms with Crippen molar-refractivity contribution in [2.24, 2.45) is 0 Å². The first-order chi connectivity index (χ1) is 17.3. The smallest absolute Gasteiger partial charge is 0.332 e. The number of para-hydroxylation sites is 1. The highest BCUT2D eigenvalue weighted by molar-refractivity contribution is 6.06. The summed E-state index contributed by atoms with van der Waals surface area (Å²) in [6.45, 7) is 1.97. The number of aromatic nitrogens is 2. The van der Waals surface area contributed by atoms with Gasteiger partial charge in [-0.3, -0.25) is 0 Å². The first-order valence-electron chi connectivity index (χ1n) is 11.3. The van der Waals surface area contributed by atoms with E-state index in [-0.39, 0.29) is 11.9 Å². The number of urea groups is 1. The fourth-order valence-electron chi connectivity index (χ4n) is 3.60. The Bertz CT molecular complexity index is 1310. The Balaban J connectivity index is 1.69. The highest BCUT2D eigenvalue weighted by atomic mass is 19.1. The van der Waals surface area contributed by atoms with Crippen LogP contribution in [-0.4, -0.2) is 30.1 Å². The third-order valence-electron chi connectivity index (χ3n) is 5.54. The number of halogens is 2. The second kappa shape index (κ2) is 10.8. The van der Waals surface area contributed by atoms with Crippen molar-refractivity contribution in [3.05, 3.63) is 102 Å². The lowest BCUT2D eigenvalue weighted by Gasteiger charge is -2.24. The molecule has 0 unspecified atom stereocenters. The number of nitrogens with zero attached hydrogens (tertiary/aromatic N) is 4. The predicted octanol–water partition coefficient (Wildman–Crippen LogP) is 6.36. The number of amides is 2. The molecule has 0 bridgehead atoms. The van der Waals surface area contributed by atoms with Crippen LogP contribution in [0.3, 0.4) is 0 Å². The van der Waals surface area contributed by atoms with Crippen LogP contribution in [0, 0.1) is 11.6 Å². The van der Waals surface area contributed by atoms with E-state index in [9.17, 15) is 13.6 Å². The van der Waals surface area contributed by atoms with Gasteiger partial charge in [0, 0.05) is 32.0 Å². The Morgan fingerprint density at radius 3 is 2.14 bits per heavy atom. The third kappa shape index (κ3) is 5.57. The van der Waals surface area contributed by atoms with Gasteiger partial charge in [-0.25, -0.2) is 23.5 Å². The molecule has 9 heteroatoms. The largest absolute Gasteiger partial charge is 0.378 e. The van der Waals surface area contributed by atoms with Gasteiger partial charge >= 0.3 is 6.03 Å². The van der Waals surface area contributed by atoms with E-state index in [1.807, 2.05) is 68.4 Å². The van der Waals surface area contributed by atoms with Crippen molar-refractivity contribution in [2.45, 2.75) is 13.0 Å². The fourth-order valence-corrected chi connectivity index (χ4v) is 3.60. The van der Waals surface area contributed by atoms with E-state index in [4.69, 9.17) is 0 Å². The third-order valence-corrected chi connectivity index (χ3v) is 5.54. The van der Waals surface area contributed by atoms with Crippen molar-refractivity contribution in [1.82, 2.24) is 9.97 Å². The molecule has 0 aliphatic rings. The quantitative estimate of drug-likeness (QED) is 0.317. The molecule has 4 rings (SSSR count). The van der Waals surface area contributed by atoms with Crippen molar-refractivity contribution < 1.29 is 13.6 Å². The van der Waals surface area contributed by atoms with Crippen molar-refractivity contribution in [3.8, 4) is 0 Å². The van der Waals surface area contributed by atoms with Gasteiger partial charge in [0.2, 0.25) is 5.95 Å². The maximum absolute atomic E-state index is 14.3. The molecule has 0 aliphatic carbocycles. The molecule has 0 aliphatic heterocycles. The van der Waals surface area contributed by atoms with E-state index in [0.29, 0.717) is 11.6 Å². The molecule has 0 spiro atoms. The van der Waals surface area contributed by atoms with Crippen LogP contribution in [0.5, 0.6) is 0 Å². The molecule has 184 valence electrons. The molecule has 0 fully saturated rings. The summed E-state index contributed by atoms with van der Waals surface area (Å²) in [5, 5.41) is 5.57. The molecule has 0 saturated heterocycles. The summed E-state index contributed by atoms with van der Waals surface area (Å²) in [7, 11) is 3.80. The number of anilines is 5. The number of benzene rings is 3. The van der Waals surface area contributed by atoms with E-state index in [2.05, 4.69) is 20.6 Å². The summed E-state index contributed by atoms with van der Waals surface area (Å²) in [5.41, 5.74) is 1.87. The maximum Gasteiger partial charge on any atom is 0.332 e. The van der Waals surface area contributed by atoms with Crippen LogP contribution in [-0.2, 0) is 0 Å². The van der Waals surface area contributed by atoms with Crippen molar-refractivity contribution in [3.63, 3.8) is 0 Å². The van der Waals surface area contributed by atoms with E-state index in [1.165, 1.54) is 17.2 Å². The Kier molecular flexibility index (Phi) is 7.39. The number of nitrogens with one attached hydrogen (secondary N) is 2. The Morgan fingerprint density at radius 1 is 0.861 bits per heavy atom. The maximum atomic E-state index is 14.3. The standard InChI is InChI=1S/C27H26F2N6O/c1-18(19-8-5-4-6-9-19)31-26-30-17-16-24(32-26)35(21-14-12-20(13-15-21)34(2)3)27(36)33-25-22(28)10-7-11-23(25)29/h4-18H,1-3H3,(H,33,36)(H,30,31,32)/t18-/m0/s1. The van der Waals surface area contributed by atoms with Crippen LogP contribution in [0.15, 0.2) is 85.1 Å². The lowest BCUT2D eigenvalue weighted by atomic mass is 10.1. The van der Waals surface area contributed by atoms with Crippen LogP contribution in [0.25, 0.3) is 0 Å². The van der Waals surface area contributed by atoms with Gasteiger partial charge in [0.25, 0.3) is 0 Å². The first-order valence-corrected chi connectivity index (χ1v) is 11.3. The molecular formula is C27H26F2N6O. The Hall–Kier alpha value is -4.53. The van der Waals surface area contributed by atoms with Crippen LogP contribution < -0.4 is 20.4 Å². The van der Waals surface area contributed by atoms with Crippen LogP contribution in [0.1, 0.15) is 18.5 Å².